The molecule has 3 aromatic carbocycles. The predicted octanol–water partition coefficient (Wildman–Crippen LogP) is 9.10. The van der Waals surface area contributed by atoms with Crippen molar-refractivity contribution < 1.29 is 28.9 Å². The van der Waals surface area contributed by atoms with Gasteiger partial charge in [-0.25, -0.2) is 0 Å². The van der Waals surface area contributed by atoms with Gasteiger partial charge in [0, 0.05) is 24.6 Å². The van der Waals surface area contributed by atoms with Gasteiger partial charge in [0.1, 0.15) is 23.0 Å². The van der Waals surface area contributed by atoms with Crippen molar-refractivity contribution in [3.63, 3.8) is 0 Å². The first-order valence-corrected chi connectivity index (χ1v) is 15.8. The largest absolute Gasteiger partial charge is 0.506 e. The van der Waals surface area contributed by atoms with Gasteiger partial charge in [-0.15, -0.1) is 0 Å². The zero-order valence-corrected chi connectivity index (χ0v) is 28.3. The molecule has 0 spiro atoms. The Morgan fingerprint density at radius 2 is 1.47 bits per heavy atom. The molecule has 0 heterocycles. The van der Waals surface area contributed by atoms with Crippen molar-refractivity contribution in [2.75, 3.05) is 17.7 Å². The van der Waals surface area contributed by atoms with Crippen LogP contribution < -0.4 is 24.8 Å². The maximum absolute atomic E-state index is 13.9. The van der Waals surface area contributed by atoms with Gasteiger partial charge in [-0.1, -0.05) is 67.0 Å². The van der Waals surface area contributed by atoms with Crippen molar-refractivity contribution >= 4 is 23.2 Å². The van der Waals surface area contributed by atoms with Gasteiger partial charge < -0.3 is 30.0 Å². The first-order chi connectivity index (χ1) is 21.2. The lowest BCUT2D eigenvalue weighted by Gasteiger charge is -2.31. The van der Waals surface area contributed by atoms with Gasteiger partial charge in [0.05, 0.1) is 18.5 Å². The van der Waals surface area contributed by atoms with E-state index in [1.165, 1.54) is 24.6 Å². The van der Waals surface area contributed by atoms with Crippen LogP contribution in [0.15, 0.2) is 54.6 Å². The number of carbonyl (C=O) groups is 2. The fourth-order valence-corrected chi connectivity index (χ4v) is 4.79. The molecule has 0 radical (unpaired) electrons. The average Bonchev–Trinajstić information content (AvgIpc) is 3.01. The molecule has 0 aromatic heterocycles. The lowest BCUT2D eigenvalue weighted by molar-refractivity contribution is -0.123. The van der Waals surface area contributed by atoms with E-state index in [9.17, 15) is 14.7 Å². The molecule has 8 nitrogen and oxygen atoms in total. The Labute approximate surface area is 268 Å². The van der Waals surface area contributed by atoms with Crippen LogP contribution in [-0.4, -0.2) is 30.1 Å². The Hall–Kier alpha value is -4.20. The number of hydrogen-bond acceptors (Lipinski definition) is 6. The maximum atomic E-state index is 13.9. The topological polar surface area (TPSA) is 106 Å². The minimum absolute atomic E-state index is 0.00177. The first kappa shape index (κ1) is 35.3. The second-order valence-electron chi connectivity index (χ2n) is 12.7. The van der Waals surface area contributed by atoms with Crippen molar-refractivity contribution in [3.8, 4) is 28.7 Å². The van der Waals surface area contributed by atoms with Gasteiger partial charge in [0.2, 0.25) is 5.91 Å². The van der Waals surface area contributed by atoms with E-state index in [1.54, 1.807) is 31.4 Å². The molecular weight excluding hydrogens is 568 g/mol. The lowest BCUT2D eigenvalue weighted by Crippen LogP contribution is -2.34. The van der Waals surface area contributed by atoms with Crippen LogP contribution in [0.3, 0.4) is 0 Å². The number of benzene rings is 3. The third kappa shape index (κ3) is 9.16. The van der Waals surface area contributed by atoms with Gasteiger partial charge in [0.25, 0.3) is 5.91 Å². The summed E-state index contributed by atoms with van der Waals surface area (Å²) in [6, 6.07) is 16.1. The molecule has 1 unspecified atom stereocenters. The molecule has 8 heteroatoms. The molecule has 3 N–H and O–H groups in total. The molecular formula is C37H50N2O6. The first-order valence-electron chi connectivity index (χ1n) is 15.8. The highest BCUT2D eigenvalue weighted by Gasteiger charge is 2.30. The zero-order chi connectivity index (χ0) is 33.4. The van der Waals surface area contributed by atoms with Crippen LogP contribution in [0.25, 0.3) is 0 Å². The summed E-state index contributed by atoms with van der Waals surface area (Å²) in [5.74, 6) is 1.13. The molecule has 0 saturated carbocycles. The lowest BCUT2D eigenvalue weighted by atomic mass is 9.76. The van der Waals surface area contributed by atoms with Crippen molar-refractivity contribution in [1.82, 2.24) is 0 Å². The highest BCUT2D eigenvalue weighted by Crippen LogP contribution is 2.41. The van der Waals surface area contributed by atoms with Crippen molar-refractivity contribution in [3.05, 3.63) is 65.7 Å². The monoisotopic (exact) mass is 618 g/mol. The summed E-state index contributed by atoms with van der Waals surface area (Å²) in [5.41, 5.74) is 2.52. The summed E-state index contributed by atoms with van der Waals surface area (Å²) in [4.78, 5) is 25.7. The molecule has 0 fully saturated rings. The van der Waals surface area contributed by atoms with E-state index < -0.39 is 6.10 Å². The average molecular weight is 619 g/mol. The van der Waals surface area contributed by atoms with E-state index in [1.807, 2.05) is 6.07 Å². The van der Waals surface area contributed by atoms with Crippen molar-refractivity contribution in [1.29, 1.82) is 0 Å². The van der Waals surface area contributed by atoms with Crippen LogP contribution >= 0.6 is 0 Å². The molecule has 0 bridgehead atoms. The smallest absolute Gasteiger partial charge is 0.265 e. The SMILES string of the molecule is CCCCC(Oc1ccc(C(C)(C)CC)cc1C(C)(C)CC)C(=O)Nc1cc(O)c(NC(C)=O)cc1Oc1ccc(OC)cc1. The molecule has 244 valence electrons. The Kier molecular flexibility index (Phi) is 11.9. The van der Waals surface area contributed by atoms with Gasteiger partial charge in [-0.3, -0.25) is 9.59 Å². The summed E-state index contributed by atoms with van der Waals surface area (Å²) in [6.45, 7) is 16.6. The number of rotatable bonds is 15. The van der Waals surface area contributed by atoms with Gasteiger partial charge in [-0.05, 0) is 72.4 Å². The number of anilines is 2. The van der Waals surface area contributed by atoms with E-state index in [0.717, 1.165) is 31.2 Å². The minimum atomic E-state index is -0.799. The Morgan fingerprint density at radius 1 is 0.822 bits per heavy atom. The summed E-state index contributed by atoms with van der Waals surface area (Å²) >= 11 is 0. The van der Waals surface area contributed by atoms with Crippen LogP contribution in [-0.2, 0) is 20.4 Å². The Bertz CT molecular complexity index is 1460. The van der Waals surface area contributed by atoms with E-state index >= 15 is 0 Å². The number of phenolic OH excluding ortho intramolecular Hbond substituents is 1. The number of nitrogens with one attached hydrogen (secondary N) is 2. The number of hydrogen-bond donors (Lipinski definition) is 3. The summed E-state index contributed by atoms with van der Waals surface area (Å²) in [7, 11) is 1.58. The number of phenols is 1. The maximum Gasteiger partial charge on any atom is 0.265 e. The normalized spacial score (nSPS) is 12.3. The van der Waals surface area contributed by atoms with E-state index in [2.05, 4.69) is 71.2 Å². The Balaban J connectivity index is 2.01. The fraction of sp³-hybridized carbons (Fsp3) is 0.459. The van der Waals surface area contributed by atoms with Crippen molar-refractivity contribution in [2.45, 2.75) is 104 Å². The third-order valence-corrected chi connectivity index (χ3v) is 8.59. The number of methoxy groups -OCH3 is 1. The molecule has 2 amide bonds. The van der Waals surface area contributed by atoms with Crippen LogP contribution in [0.4, 0.5) is 11.4 Å². The second kappa shape index (κ2) is 15.2. The highest BCUT2D eigenvalue weighted by atomic mass is 16.5. The molecule has 45 heavy (non-hydrogen) atoms. The molecule has 3 aromatic rings. The zero-order valence-electron chi connectivity index (χ0n) is 28.3. The summed E-state index contributed by atoms with van der Waals surface area (Å²) in [5, 5.41) is 16.3. The second-order valence-corrected chi connectivity index (χ2v) is 12.7. The van der Waals surface area contributed by atoms with Crippen molar-refractivity contribution in [2.24, 2.45) is 0 Å². The number of aromatic hydroxyl groups is 1. The van der Waals surface area contributed by atoms with Gasteiger partial charge >= 0.3 is 0 Å². The third-order valence-electron chi connectivity index (χ3n) is 8.59. The van der Waals surface area contributed by atoms with E-state index in [4.69, 9.17) is 14.2 Å². The standard InChI is InChI=1S/C37H50N2O6/c1-10-13-14-33(45-32-20-15-25(36(5,6)11-2)21-28(32)37(7,8)12-3)35(42)39-30-22-31(41)29(38-24(4)40)23-34(30)44-27-18-16-26(43-9)17-19-27/h15-23,33,41H,10-14H2,1-9H3,(H,38,40)(H,39,42). The number of ether oxygens (including phenoxy) is 3. The van der Waals surface area contributed by atoms with Gasteiger partial charge in [-0.2, -0.15) is 0 Å². The number of carbonyl (C=O) groups excluding carboxylic acids is 2. The van der Waals surface area contributed by atoms with Crippen LogP contribution in [0, 0.1) is 0 Å². The van der Waals surface area contributed by atoms with Crippen LogP contribution in [0.1, 0.15) is 98.6 Å². The molecule has 0 aliphatic heterocycles. The highest BCUT2D eigenvalue weighted by molar-refractivity contribution is 5.98. The molecule has 1 atom stereocenters. The quantitative estimate of drug-likeness (QED) is 0.147. The number of amides is 2. The summed E-state index contributed by atoms with van der Waals surface area (Å²) < 4.78 is 17.9. The van der Waals surface area contributed by atoms with Crippen LogP contribution in [0.2, 0.25) is 0 Å². The molecule has 0 saturated heterocycles. The van der Waals surface area contributed by atoms with Crippen LogP contribution in [0.5, 0.6) is 28.7 Å². The van der Waals surface area contributed by atoms with Gasteiger partial charge in [0.15, 0.2) is 11.9 Å². The van der Waals surface area contributed by atoms with E-state index in [-0.39, 0.29) is 45.5 Å². The molecule has 0 aliphatic rings. The minimum Gasteiger partial charge on any atom is -0.506 e. The molecule has 0 aliphatic carbocycles. The van der Waals surface area contributed by atoms with E-state index in [0.29, 0.717) is 23.7 Å². The predicted molar refractivity (Wildman–Crippen MR) is 181 cm³/mol. The summed E-state index contributed by atoms with van der Waals surface area (Å²) in [6.07, 6.45) is 3.27. The Morgan fingerprint density at radius 3 is 2.04 bits per heavy atom. The fourth-order valence-electron chi connectivity index (χ4n) is 4.79. The number of unbranched alkanes of at least 4 members (excludes halogenated alkanes) is 1. The molecule has 3 rings (SSSR count).